The van der Waals surface area contributed by atoms with E-state index in [2.05, 4.69) is 0 Å². The first-order chi connectivity index (χ1) is 6.36. The lowest BCUT2D eigenvalue weighted by atomic mass is 10.1. The third-order valence-corrected chi connectivity index (χ3v) is 2.04. The lowest BCUT2D eigenvalue weighted by Gasteiger charge is -2.08. The zero-order chi connectivity index (χ0) is 9.10. The van der Waals surface area contributed by atoms with Crippen LogP contribution < -0.4 is 0 Å². The van der Waals surface area contributed by atoms with Crippen molar-refractivity contribution in [3.63, 3.8) is 0 Å². The van der Waals surface area contributed by atoms with Crippen LogP contribution in [0.1, 0.15) is 5.56 Å². The molecule has 0 aromatic heterocycles. The Morgan fingerprint density at radius 1 is 1.23 bits per heavy atom. The highest BCUT2D eigenvalue weighted by Gasteiger charge is 2.17. The second kappa shape index (κ2) is 3.85. The molecule has 2 nitrogen and oxygen atoms in total. The first-order valence-corrected chi connectivity index (χ1v) is 4.33. The van der Waals surface area contributed by atoms with Crippen LogP contribution in [0.5, 0.6) is 0 Å². The molecular formula is C10H11FO2. The van der Waals surface area contributed by atoms with Crippen LogP contribution >= 0.6 is 0 Å². The van der Waals surface area contributed by atoms with Gasteiger partial charge in [0.25, 0.3) is 0 Å². The Labute approximate surface area is 76.3 Å². The molecule has 70 valence electrons. The van der Waals surface area contributed by atoms with Gasteiger partial charge in [-0.05, 0) is 11.6 Å². The zero-order valence-corrected chi connectivity index (χ0v) is 7.20. The molecular weight excluding hydrogens is 171 g/mol. The molecule has 2 rings (SSSR count). The van der Waals surface area contributed by atoms with Crippen molar-refractivity contribution >= 4 is 0 Å². The van der Waals surface area contributed by atoms with Gasteiger partial charge in [0.1, 0.15) is 5.82 Å². The molecule has 1 fully saturated rings. The van der Waals surface area contributed by atoms with Gasteiger partial charge in [0, 0.05) is 6.42 Å². The van der Waals surface area contributed by atoms with Crippen molar-refractivity contribution in [2.24, 2.45) is 0 Å². The van der Waals surface area contributed by atoms with Gasteiger partial charge in [-0.25, -0.2) is 4.39 Å². The van der Waals surface area contributed by atoms with Crippen LogP contribution in [0, 0.1) is 5.82 Å². The summed E-state index contributed by atoms with van der Waals surface area (Å²) in [5.41, 5.74) is 0.648. The molecule has 13 heavy (non-hydrogen) atoms. The van der Waals surface area contributed by atoms with Crippen molar-refractivity contribution in [1.29, 1.82) is 0 Å². The summed E-state index contributed by atoms with van der Waals surface area (Å²) < 4.78 is 23.6. The molecule has 1 aromatic rings. The largest absolute Gasteiger partial charge is 0.350 e. The van der Waals surface area contributed by atoms with Crippen LogP contribution in [-0.4, -0.2) is 19.5 Å². The lowest BCUT2D eigenvalue weighted by Crippen LogP contribution is -2.12. The van der Waals surface area contributed by atoms with Crippen LogP contribution in [0.15, 0.2) is 24.3 Å². The molecule has 0 aliphatic carbocycles. The molecule has 0 atom stereocenters. The van der Waals surface area contributed by atoms with Crippen LogP contribution in [0.2, 0.25) is 0 Å². The average molecular weight is 182 g/mol. The summed E-state index contributed by atoms with van der Waals surface area (Å²) in [5, 5.41) is 0. The van der Waals surface area contributed by atoms with E-state index in [0.29, 0.717) is 25.2 Å². The summed E-state index contributed by atoms with van der Waals surface area (Å²) in [6, 6.07) is 6.69. The minimum absolute atomic E-state index is 0.193. The van der Waals surface area contributed by atoms with Crippen molar-refractivity contribution < 1.29 is 13.9 Å². The van der Waals surface area contributed by atoms with Crippen LogP contribution in [0.4, 0.5) is 4.39 Å². The second-order valence-electron chi connectivity index (χ2n) is 2.97. The first-order valence-electron chi connectivity index (χ1n) is 4.33. The highest BCUT2D eigenvalue weighted by Crippen LogP contribution is 2.14. The van der Waals surface area contributed by atoms with Crippen molar-refractivity contribution in [3.8, 4) is 0 Å². The Morgan fingerprint density at radius 2 is 1.92 bits per heavy atom. The monoisotopic (exact) mass is 182 g/mol. The van der Waals surface area contributed by atoms with Crippen LogP contribution in [0.25, 0.3) is 0 Å². The molecule has 0 saturated carbocycles. The van der Waals surface area contributed by atoms with E-state index in [1.807, 2.05) is 6.07 Å². The van der Waals surface area contributed by atoms with Crippen molar-refractivity contribution in [3.05, 3.63) is 35.6 Å². The van der Waals surface area contributed by atoms with Crippen molar-refractivity contribution in [2.75, 3.05) is 13.2 Å². The highest BCUT2D eigenvalue weighted by molar-refractivity contribution is 5.17. The number of benzene rings is 1. The molecule has 0 spiro atoms. The predicted octanol–water partition coefficient (Wildman–Crippen LogP) is 1.74. The van der Waals surface area contributed by atoms with Gasteiger partial charge in [-0.2, -0.15) is 0 Å². The van der Waals surface area contributed by atoms with Gasteiger partial charge in [0.05, 0.1) is 13.2 Å². The fourth-order valence-electron chi connectivity index (χ4n) is 1.37. The summed E-state index contributed by atoms with van der Waals surface area (Å²) in [6.45, 7) is 1.22. The van der Waals surface area contributed by atoms with Gasteiger partial charge >= 0.3 is 0 Å². The first kappa shape index (κ1) is 8.66. The number of rotatable bonds is 2. The second-order valence-corrected chi connectivity index (χ2v) is 2.97. The number of hydrogen-bond donors (Lipinski definition) is 0. The smallest absolute Gasteiger partial charge is 0.161 e. The fourth-order valence-corrected chi connectivity index (χ4v) is 1.37. The van der Waals surface area contributed by atoms with E-state index in [0.717, 1.165) is 0 Å². The number of ether oxygens (including phenoxy) is 2. The highest BCUT2D eigenvalue weighted by atomic mass is 19.1. The van der Waals surface area contributed by atoms with Gasteiger partial charge in [0.15, 0.2) is 6.29 Å². The number of hydrogen-bond acceptors (Lipinski definition) is 2. The predicted molar refractivity (Wildman–Crippen MR) is 45.8 cm³/mol. The molecule has 0 N–H and O–H groups in total. The zero-order valence-electron chi connectivity index (χ0n) is 7.20. The SMILES string of the molecule is Fc1ccccc1CC1OCCO1. The van der Waals surface area contributed by atoms with Gasteiger partial charge in [0.2, 0.25) is 0 Å². The Hall–Kier alpha value is -0.930. The standard InChI is InChI=1S/C10H11FO2/c11-9-4-2-1-3-8(9)7-10-12-5-6-13-10/h1-4,10H,5-7H2. The van der Waals surface area contributed by atoms with Crippen molar-refractivity contribution in [1.82, 2.24) is 0 Å². The van der Waals surface area contributed by atoms with E-state index < -0.39 is 0 Å². The topological polar surface area (TPSA) is 18.5 Å². The molecule has 1 saturated heterocycles. The molecule has 0 bridgehead atoms. The minimum Gasteiger partial charge on any atom is -0.350 e. The van der Waals surface area contributed by atoms with E-state index in [1.165, 1.54) is 6.07 Å². The summed E-state index contributed by atoms with van der Waals surface area (Å²) in [7, 11) is 0. The Morgan fingerprint density at radius 3 is 2.62 bits per heavy atom. The maximum Gasteiger partial charge on any atom is 0.161 e. The third-order valence-electron chi connectivity index (χ3n) is 2.04. The third kappa shape index (κ3) is 2.05. The average Bonchev–Trinajstić information content (AvgIpc) is 2.61. The molecule has 0 amide bonds. The van der Waals surface area contributed by atoms with E-state index in [1.54, 1.807) is 12.1 Å². The molecule has 1 aromatic carbocycles. The van der Waals surface area contributed by atoms with Crippen LogP contribution in [0.3, 0.4) is 0 Å². The van der Waals surface area contributed by atoms with Crippen molar-refractivity contribution in [2.45, 2.75) is 12.7 Å². The maximum atomic E-state index is 13.1. The lowest BCUT2D eigenvalue weighted by molar-refractivity contribution is -0.0404. The summed E-state index contributed by atoms with van der Waals surface area (Å²) in [6.07, 6.45) is 0.226. The molecule has 0 unspecified atom stereocenters. The molecule has 1 aliphatic rings. The maximum absolute atomic E-state index is 13.1. The fraction of sp³-hybridized carbons (Fsp3) is 0.400. The Kier molecular flexibility index (Phi) is 2.57. The summed E-state index contributed by atoms with van der Waals surface area (Å²) >= 11 is 0. The van der Waals surface area contributed by atoms with Gasteiger partial charge in [-0.3, -0.25) is 0 Å². The van der Waals surface area contributed by atoms with Gasteiger partial charge in [-0.1, -0.05) is 18.2 Å². The van der Waals surface area contributed by atoms with Gasteiger partial charge in [-0.15, -0.1) is 0 Å². The summed E-state index contributed by atoms with van der Waals surface area (Å²) in [4.78, 5) is 0. The molecule has 0 radical (unpaired) electrons. The quantitative estimate of drug-likeness (QED) is 0.693. The number of halogens is 1. The Bertz CT molecular complexity index is 282. The van der Waals surface area contributed by atoms with Crippen LogP contribution in [-0.2, 0) is 15.9 Å². The van der Waals surface area contributed by atoms with E-state index in [4.69, 9.17) is 9.47 Å². The molecule has 1 aliphatic heterocycles. The van der Waals surface area contributed by atoms with Gasteiger partial charge < -0.3 is 9.47 Å². The minimum atomic E-state index is -0.267. The van der Waals surface area contributed by atoms with E-state index in [9.17, 15) is 4.39 Å². The van der Waals surface area contributed by atoms with E-state index in [-0.39, 0.29) is 12.1 Å². The molecule has 1 heterocycles. The normalized spacial score (nSPS) is 17.9. The van der Waals surface area contributed by atoms with E-state index >= 15 is 0 Å². The molecule has 3 heteroatoms. The summed E-state index contributed by atoms with van der Waals surface area (Å²) in [5.74, 6) is -0.193. The Balaban J connectivity index is 2.04.